The van der Waals surface area contributed by atoms with Gasteiger partial charge in [-0.25, -0.2) is 12.8 Å². The van der Waals surface area contributed by atoms with E-state index in [4.69, 9.17) is 0 Å². The lowest BCUT2D eigenvalue weighted by atomic mass is 10.0. The van der Waals surface area contributed by atoms with Gasteiger partial charge in [-0.15, -0.1) is 0 Å². The van der Waals surface area contributed by atoms with Crippen LogP contribution in [0.1, 0.15) is 18.4 Å². The van der Waals surface area contributed by atoms with Crippen molar-refractivity contribution in [1.29, 1.82) is 0 Å². The van der Waals surface area contributed by atoms with Gasteiger partial charge in [0, 0.05) is 17.1 Å². The molecule has 1 fully saturated rings. The van der Waals surface area contributed by atoms with Crippen LogP contribution < -0.4 is 0 Å². The average molecular weight is 288 g/mol. The van der Waals surface area contributed by atoms with Gasteiger partial charge in [0.1, 0.15) is 5.82 Å². The lowest BCUT2D eigenvalue weighted by Crippen LogP contribution is -2.23. The molecule has 0 aromatic heterocycles. The molecule has 0 amide bonds. The fourth-order valence-electron chi connectivity index (χ4n) is 2.80. The van der Waals surface area contributed by atoms with Crippen molar-refractivity contribution in [2.45, 2.75) is 18.1 Å². The maximum Gasteiger partial charge on any atom is 0.154 e. The number of benzene rings is 1. The van der Waals surface area contributed by atoms with Gasteiger partial charge in [-0.2, -0.15) is 0 Å². The number of hydrogen-bond acceptors (Lipinski definition) is 4. The molecule has 0 bridgehead atoms. The Bertz CT molecular complexity index is 549. The van der Waals surface area contributed by atoms with Crippen molar-refractivity contribution in [3.8, 4) is 0 Å². The van der Waals surface area contributed by atoms with Gasteiger partial charge >= 0.3 is 0 Å². The molecule has 1 aliphatic carbocycles. The molecule has 4 nitrogen and oxygen atoms in total. The molecule has 2 N–H and O–H groups in total. The Hall–Kier alpha value is -0.980. The van der Waals surface area contributed by atoms with Crippen LogP contribution >= 0.6 is 0 Å². The van der Waals surface area contributed by atoms with Gasteiger partial charge in [-0.3, -0.25) is 0 Å². The van der Waals surface area contributed by atoms with Crippen LogP contribution in [0.5, 0.6) is 0 Å². The standard InChI is InChI=1S/C13H17FO4S/c1-2-19(17,18)12-11(13(12,7-15)8-16)9-3-5-10(14)6-4-9/h3-6,11-12,15-16H,2,7-8H2,1H3. The van der Waals surface area contributed by atoms with Gasteiger partial charge in [0.25, 0.3) is 0 Å². The summed E-state index contributed by atoms with van der Waals surface area (Å²) in [6.45, 7) is 0.722. The summed E-state index contributed by atoms with van der Waals surface area (Å²) in [5, 5.41) is 18.1. The Labute approximate surface area is 111 Å². The topological polar surface area (TPSA) is 74.6 Å². The third-order valence-electron chi connectivity index (χ3n) is 3.99. The van der Waals surface area contributed by atoms with Crippen molar-refractivity contribution in [3.63, 3.8) is 0 Å². The Kier molecular flexibility index (Phi) is 3.68. The molecular formula is C13H17FO4S. The maximum absolute atomic E-state index is 12.9. The van der Waals surface area contributed by atoms with Gasteiger partial charge < -0.3 is 10.2 Å². The highest BCUT2D eigenvalue weighted by Gasteiger charge is 2.69. The van der Waals surface area contributed by atoms with E-state index < -0.39 is 45.5 Å². The van der Waals surface area contributed by atoms with Crippen molar-refractivity contribution >= 4 is 9.84 Å². The molecule has 2 unspecified atom stereocenters. The predicted octanol–water partition coefficient (Wildman–Crippen LogP) is 0.697. The highest BCUT2D eigenvalue weighted by molar-refractivity contribution is 7.92. The summed E-state index contributed by atoms with van der Waals surface area (Å²) < 4.78 is 37.0. The van der Waals surface area contributed by atoms with Gasteiger partial charge in [0.05, 0.1) is 18.5 Å². The van der Waals surface area contributed by atoms with Crippen LogP contribution in [-0.2, 0) is 9.84 Å². The minimum Gasteiger partial charge on any atom is -0.396 e. The first-order chi connectivity index (χ1) is 8.93. The minimum absolute atomic E-state index is 0.0445. The van der Waals surface area contributed by atoms with E-state index >= 15 is 0 Å². The van der Waals surface area contributed by atoms with Crippen LogP contribution in [0.3, 0.4) is 0 Å². The molecule has 0 spiro atoms. The van der Waals surface area contributed by atoms with Crippen molar-refractivity contribution in [1.82, 2.24) is 0 Å². The number of rotatable bonds is 5. The van der Waals surface area contributed by atoms with Crippen LogP contribution in [0, 0.1) is 11.2 Å². The quantitative estimate of drug-likeness (QED) is 0.836. The molecule has 0 radical (unpaired) electrons. The Morgan fingerprint density at radius 2 is 1.74 bits per heavy atom. The molecular weight excluding hydrogens is 271 g/mol. The van der Waals surface area contributed by atoms with E-state index in [2.05, 4.69) is 0 Å². The molecule has 1 aromatic rings. The molecule has 0 heterocycles. The van der Waals surface area contributed by atoms with E-state index in [0.717, 1.165) is 0 Å². The van der Waals surface area contributed by atoms with Crippen LogP contribution in [0.4, 0.5) is 4.39 Å². The summed E-state index contributed by atoms with van der Waals surface area (Å²) in [5.74, 6) is -0.928. The Morgan fingerprint density at radius 1 is 1.21 bits per heavy atom. The second-order valence-corrected chi connectivity index (χ2v) is 7.36. The zero-order valence-corrected chi connectivity index (χ0v) is 11.4. The van der Waals surface area contributed by atoms with E-state index in [9.17, 15) is 23.0 Å². The number of aliphatic hydroxyl groups excluding tert-OH is 2. The molecule has 1 aromatic carbocycles. The zero-order valence-electron chi connectivity index (χ0n) is 10.6. The van der Waals surface area contributed by atoms with Crippen LogP contribution in [0.25, 0.3) is 0 Å². The Morgan fingerprint density at radius 3 is 2.16 bits per heavy atom. The summed E-state index contributed by atoms with van der Waals surface area (Å²) in [7, 11) is -3.38. The third kappa shape index (κ3) is 2.17. The first-order valence-electron chi connectivity index (χ1n) is 6.11. The second kappa shape index (κ2) is 4.85. The molecule has 2 atom stereocenters. The molecule has 1 saturated carbocycles. The lowest BCUT2D eigenvalue weighted by molar-refractivity contribution is 0.130. The van der Waals surface area contributed by atoms with Crippen molar-refractivity contribution in [2.75, 3.05) is 19.0 Å². The van der Waals surface area contributed by atoms with E-state index in [-0.39, 0.29) is 5.75 Å². The van der Waals surface area contributed by atoms with Crippen molar-refractivity contribution < 1.29 is 23.0 Å². The molecule has 0 saturated heterocycles. The average Bonchev–Trinajstić information content (AvgIpc) is 3.10. The second-order valence-electron chi connectivity index (χ2n) is 4.95. The first-order valence-corrected chi connectivity index (χ1v) is 7.83. The first kappa shape index (κ1) is 14.4. The summed E-state index contributed by atoms with van der Waals surface area (Å²) in [4.78, 5) is 0. The molecule has 19 heavy (non-hydrogen) atoms. The van der Waals surface area contributed by atoms with E-state index in [1.54, 1.807) is 0 Å². The number of sulfone groups is 1. The SMILES string of the molecule is CCS(=O)(=O)C1C(c2ccc(F)cc2)C1(CO)CO. The van der Waals surface area contributed by atoms with Gasteiger partial charge in [0.15, 0.2) is 9.84 Å². The van der Waals surface area contributed by atoms with Crippen molar-refractivity contribution in [2.24, 2.45) is 5.41 Å². The van der Waals surface area contributed by atoms with E-state index in [0.29, 0.717) is 5.56 Å². The molecule has 2 rings (SSSR count). The fraction of sp³-hybridized carbons (Fsp3) is 0.538. The van der Waals surface area contributed by atoms with E-state index in [1.807, 2.05) is 0 Å². The van der Waals surface area contributed by atoms with Crippen LogP contribution in [-0.4, -0.2) is 42.8 Å². The fourth-order valence-corrected chi connectivity index (χ4v) is 4.94. The summed E-state index contributed by atoms with van der Waals surface area (Å²) in [6.07, 6.45) is 0. The highest BCUT2D eigenvalue weighted by atomic mass is 32.2. The smallest absolute Gasteiger partial charge is 0.154 e. The van der Waals surface area contributed by atoms with Crippen LogP contribution in [0.15, 0.2) is 24.3 Å². The number of hydrogen-bond donors (Lipinski definition) is 2. The minimum atomic E-state index is -3.38. The highest BCUT2D eigenvalue weighted by Crippen LogP contribution is 2.62. The van der Waals surface area contributed by atoms with Crippen molar-refractivity contribution in [3.05, 3.63) is 35.6 Å². The van der Waals surface area contributed by atoms with Gasteiger partial charge in [0.2, 0.25) is 0 Å². The molecule has 1 aliphatic rings. The van der Waals surface area contributed by atoms with E-state index in [1.165, 1.54) is 31.2 Å². The number of aliphatic hydroxyl groups is 2. The monoisotopic (exact) mass is 288 g/mol. The summed E-state index contributed by atoms with van der Waals surface area (Å²) >= 11 is 0. The lowest BCUT2D eigenvalue weighted by Gasteiger charge is -2.10. The van der Waals surface area contributed by atoms with Gasteiger partial charge in [-0.1, -0.05) is 19.1 Å². The molecule has 0 aliphatic heterocycles. The summed E-state index contributed by atoms with van der Waals surface area (Å²) in [6, 6.07) is 5.52. The molecule has 106 valence electrons. The normalized spacial score (nSPS) is 25.3. The Balaban J connectivity index is 2.42. The maximum atomic E-state index is 12.9. The largest absolute Gasteiger partial charge is 0.396 e. The third-order valence-corrected chi connectivity index (χ3v) is 6.31. The number of halogens is 1. The molecule has 6 heteroatoms. The zero-order chi connectivity index (χ0) is 14.3. The summed E-state index contributed by atoms with van der Waals surface area (Å²) in [5.41, 5.74) is -0.418. The van der Waals surface area contributed by atoms with Gasteiger partial charge in [-0.05, 0) is 17.7 Å². The van der Waals surface area contributed by atoms with Crippen LogP contribution in [0.2, 0.25) is 0 Å². The predicted molar refractivity (Wildman–Crippen MR) is 69.0 cm³/mol.